The fourth-order valence-corrected chi connectivity index (χ4v) is 2.52. The summed E-state index contributed by atoms with van der Waals surface area (Å²) in [7, 11) is 1.28. The van der Waals surface area contributed by atoms with Gasteiger partial charge in [0.2, 0.25) is 5.91 Å². The Hall–Kier alpha value is -1.89. The third-order valence-electron chi connectivity index (χ3n) is 3.56. The number of carbonyl (C=O) groups is 3. The maximum Gasteiger partial charge on any atom is 0.307 e. The van der Waals surface area contributed by atoms with Crippen LogP contribution >= 0.6 is 15.9 Å². The number of halogens is 1. The van der Waals surface area contributed by atoms with Crippen molar-refractivity contribution in [3.8, 4) is 0 Å². The average Bonchev–Trinajstić information content (AvgIpc) is 2.59. The normalized spacial score (nSPS) is 11.5. The quantitative estimate of drug-likeness (QED) is 0.596. The molecule has 0 radical (unpaired) electrons. The third kappa shape index (κ3) is 9.24. The van der Waals surface area contributed by atoms with Crippen molar-refractivity contribution in [1.29, 1.82) is 0 Å². The Balaban J connectivity index is 2.58. The molecule has 1 atom stereocenters. The average molecular weight is 414 g/mol. The van der Waals surface area contributed by atoms with E-state index in [4.69, 9.17) is 4.74 Å². The number of ether oxygens (including phenoxy) is 2. The van der Waals surface area contributed by atoms with E-state index in [2.05, 4.69) is 26.0 Å². The van der Waals surface area contributed by atoms with Gasteiger partial charge in [-0.3, -0.25) is 14.4 Å². The number of rotatable bonds is 10. The second-order valence-corrected chi connectivity index (χ2v) is 6.43. The van der Waals surface area contributed by atoms with Gasteiger partial charge in [-0.05, 0) is 37.5 Å². The van der Waals surface area contributed by atoms with E-state index >= 15 is 0 Å². The van der Waals surface area contributed by atoms with Crippen LogP contribution in [0.1, 0.15) is 38.2 Å². The van der Waals surface area contributed by atoms with Crippen LogP contribution in [0.25, 0.3) is 0 Å². The summed E-state index contributed by atoms with van der Waals surface area (Å²) in [5, 5.41) is 2.81. The monoisotopic (exact) mass is 413 g/mol. The van der Waals surface area contributed by atoms with Gasteiger partial charge in [-0.15, -0.1) is 0 Å². The molecule has 1 rings (SSSR count). The summed E-state index contributed by atoms with van der Waals surface area (Å²) in [5.74, 6) is -1.07. The maximum atomic E-state index is 12.0. The lowest BCUT2D eigenvalue weighted by Crippen LogP contribution is -2.37. The molecule has 0 aliphatic carbocycles. The van der Waals surface area contributed by atoms with E-state index in [1.165, 1.54) is 7.11 Å². The standard InChI is InChI=1S/C18H24BrNO5/c1-3-25-18(23)12-15(20-16(21)10-11-17(22)24-2)9-6-13-4-7-14(19)8-5-13/h4-5,7-8,15H,3,6,9-12H2,1-2H3,(H,20,21)/t15-/m1/s1. The number of aryl methyl sites for hydroxylation is 1. The summed E-state index contributed by atoms with van der Waals surface area (Å²) in [6, 6.07) is 7.54. The summed E-state index contributed by atoms with van der Waals surface area (Å²) in [6.07, 6.45) is 1.47. The molecule has 0 bridgehead atoms. The van der Waals surface area contributed by atoms with Gasteiger partial charge in [0.1, 0.15) is 0 Å². The highest BCUT2D eigenvalue weighted by Crippen LogP contribution is 2.13. The first-order chi connectivity index (χ1) is 11.9. The van der Waals surface area contributed by atoms with Gasteiger partial charge >= 0.3 is 11.9 Å². The molecule has 0 heterocycles. The van der Waals surface area contributed by atoms with Gasteiger partial charge in [0.05, 0.1) is 26.6 Å². The number of hydrogen-bond donors (Lipinski definition) is 1. The maximum absolute atomic E-state index is 12.0. The molecule has 0 aliphatic rings. The molecule has 0 spiro atoms. The van der Waals surface area contributed by atoms with E-state index in [1.54, 1.807) is 6.92 Å². The van der Waals surface area contributed by atoms with Gasteiger partial charge in [0, 0.05) is 16.9 Å². The predicted octanol–water partition coefficient (Wildman–Crippen LogP) is 2.77. The molecule has 0 saturated carbocycles. The number of carbonyl (C=O) groups excluding carboxylic acids is 3. The molecule has 0 fully saturated rings. The lowest BCUT2D eigenvalue weighted by atomic mass is 10.0. The lowest BCUT2D eigenvalue weighted by molar-refractivity contribution is -0.144. The summed E-state index contributed by atoms with van der Waals surface area (Å²) in [5.41, 5.74) is 1.11. The SMILES string of the molecule is CCOC(=O)C[C@@H](CCc1ccc(Br)cc1)NC(=O)CCC(=O)OC. The number of methoxy groups -OCH3 is 1. The minimum atomic E-state index is -0.438. The van der Waals surface area contributed by atoms with Gasteiger partial charge in [0.15, 0.2) is 0 Å². The van der Waals surface area contributed by atoms with Crippen molar-refractivity contribution in [3.05, 3.63) is 34.3 Å². The minimum absolute atomic E-state index is 0.0151. The summed E-state index contributed by atoms with van der Waals surface area (Å²) in [4.78, 5) is 34.9. The van der Waals surface area contributed by atoms with Crippen molar-refractivity contribution in [1.82, 2.24) is 5.32 Å². The first kappa shape index (κ1) is 21.2. The molecule has 1 aromatic carbocycles. The van der Waals surface area contributed by atoms with Crippen molar-refractivity contribution in [2.75, 3.05) is 13.7 Å². The fraction of sp³-hybridized carbons (Fsp3) is 0.500. The lowest BCUT2D eigenvalue weighted by Gasteiger charge is -2.18. The van der Waals surface area contributed by atoms with Gasteiger partial charge in [-0.25, -0.2) is 0 Å². The molecule has 1 amide bonds. The second-order valence-electron chi connectivity index (χ2n) is 5.51. The summed E-state index contributed by atoms with van der Waals surface area (Å²) >= 11 is 3.39. The fourth-order valence-electron chi connectivity index (χ4n) is 2.26. The van der Waals surface area contributed by atoms with E-state index in [1.807, 2.05) is 24.3 Å². The Labute approximate surface area is 156 Å². The smallest absolute Gasteiger partial charge is 0.307 e. The number of amides is 1. The van der Waals surface area contributed by atoms with Gasteiger partial charge in [0.25, 0.3) is 0 Å². The Morgan fingerprint density at radius 2 is 1.80 bits per heavy atom. The van der Waals surface area contributed by atoms with Gasteiger partial charge in [-0.1, -0.05) is 28.1 Å². The van der Waals surface area contributed by atoms with Crippen LogP contribution in [0.5, 0.6) is 0 Å². The van der Waals surface area contributed by atoms with Crippen LogP contribution in [0.2, 0.25) is 0 Å². The highest BCUT2D eigenvalue weighted by molar-refractivity contribution is 9.10. The molecule has 138 valence electrons. The van der Waals surface area contributed by atoms with E-state index in [0.29, 0.717) is 19.4 Å². The third-order valence-corrected chi connectivity index (χ3v) is 4.09. The summed E-state index contributed by atoms with van der Waals surface area (Å²) in [6.45, 7) is 2.04. The molecule has 0 aromatic heterocycles. The molecule has 0 aliphatic heterocycles. The van der Waals surface area contributed by atoms with Crippen LogP contribution in [0, 0.1) is 0 Å². The number of nitrogens with one attached hydrogen (secondary N) is 1. The van der Waals surface area contributed by atoms with Crippen LogP contribution < -0.4 is 5.32 Å². The largest absolute Gasteiger partial charge is 0.469 e. The molecule has 0 unspecified atom stereocenters. The van der Waals surface area contributed by atoms with E-state index in [-0.39, 0.29) is 37.2 Å². The van der Waals surface area contributed by atoms with E-state index < -0.39 is 5.97 Å². The number of hydrogen-bond acceptors (Lipinski definition) is 5. The zero-order valence-electron chi connectivity index (χ0n) is 14.5. The Morgan fingerprint density at radius 3 is 2.40 bits per heavy atom. The molecule has 7 heteroatoms. The van der Waals surface area contributed by atoms with E-state index in [9.17, 15) is 14.4 Å². The minimum Gasteiger partial charge on any atom is -0.469 e. The zero-order chi connectivity index (χ0) is 18.7. The van der Waals surface area contributed by atoms with Crippen molar-refractivity contribution in [2.45, 2.75) is 45.1 Å². The first-order valence-electron chi connectivity index (χ1n) is 8.20. The molecule has 6 nitrogen and oxygen atoms in total. The molecular weight excluding hydrogens is 390 g/mol. The Bertz CT molecular complexity index is 573. The Morgan fingerprint density at radius 1 is 1.12 bits per heavy atom. The van der Waals surface area contributed by atoms with Crippen LogP contribution in [0.4, 0.5) is 0 Å². The van der Waals surface area contributed by atoms with Crippen molar-refractivity contribution in [2.24, 2.45) is 0 Å². The van der Waals surface area contributed by atoms with E-state index in [0.717, 1.165) is 10.0 Å². The van der Waals surface area contributed by atoms with Crippen LogP contribution in [-0.4, -0.2) is 37.6 Å². The van der Waals surface area contributed by atoms with Crippen molar-refractivity contribution >= 4 is 33.8 Å². The second kappa shape index (κ2) is 11.6. The van der Waals surface area contributed by atoms with Crippen LogP contribution in [0.15, 0.2) is 28.7 Å². The van der Waals surface area contributed by atoms with Crippen molar-refractivity contribution in [3.63, 3.8) is 0 Å². The van der Waals surface area contributed by atoms with Gasteiger partial charge in [-0.2, -0.15) is 0 Å². The molecular formula is C18H24BrNO5. The number of benzene rings is 1. The van der Waals surface area contributed by atoms with Crippen molar-refractivity contribution < 1.29 is 23.9 Å². The first-order valence-corrected chi connectivity index (χ1v) is 9.00. The topological polar surface area (TPSA) is 81.7 Å². The van der Waals surface area contributed by atoms with Crippen LogP contribution in [-0.2, 0) is 30.3 Å². The predicted molar refractivity (Wildman–Crippen MR) is 96.9 cm³/mol. The zero-order valence-corrected chi connectivity index (χ0v) is 16.1. The highest BCUT2D eigenvalue weighted by Gasteiger charge is 2.18. The highest BCUT2D eigenvalue weighted by atomic mass is 79.9. The molecule has 1 N–H and O–H groups in total. The number of esters is 2. The Kier molecular flexibility index (Phi) is 9.84. The summed E-state index contributed by atoms with van der Waals surface area (Å²) < 4.78 is 10.5. The molecule has 25 heavy (non-hydrogen) atoms. The molecule has 1 aromatic rings. The van der Waals surface area contributed by atoms with Gasteiger partial charge < -0.3 is 14.8 Å². The molecule has 0 saturated heterocycles. The van der Waals surface area contributed by atoms with Crippen LogP contribution in [0.3, 0.4) is 0 Å².